The molecule has 0 aliphatic rings. The zero-order chi connectivity index (χ0) is 18.0. The van der Waals surface area contributed by atoms with Crippen molar-refractivity contribution in [3.8, 4) is 5.75 Å². The molecule has 2 aromatic carbocycles. The van der Waals surface area contributed by atoms with E-state index >= 15 is 0 Å². The van der Waals surface area contributed by atoms with Crippen molar-refractivity contribution in [3.05, 3.63) is 72.1 Å². The van der Waals surface area contributed by atoms with E-state index in [9.17, 15) is 0 Å². The second-order valence-corrected chi connectivity index (χ2v) is 6.69. The minimum absolute atomic E-state index is 0.757. The number of aromatic nitrogens is 3. The van der Waals surface area contributed by atoms with Gasteiger partial charge in [0, 0.05) is 5.75 Å². The first-order chi connectivity index (χ1) is 12.8. The van der Waals surface area contributed by atoms with Crippen LogP contribution in [0.2, 0.25) is 0 Å². The van der Waals surface area contributed by atoms with E-state index in [-0.39, 0.29) is 0 Å². The average molecular weight is 366 g/mol. The second-order valence-electron chi connectivity index (χ2n) is 5.75. The summed E-state index contributed by atoms with van der Waals surface area (Å²) in [6.45, 7) is 2.91. The number of ether oxygens (including phenoxy) is 1. The predicted molar refractivity (Wildman–Crippen MR) is 106 cm³/mol. The van der Waals surface area contributed by atoms with Gasteiger partial charge in [0.15, 0.2) is 0 Å². The standard InChI is InChI=1S/C20H22N4OS/c1-2-3-13-25-19-11-9-17(10-12-19)14-22-24-16-21-23-20(24)26-15-18-7-5-4-6-8-18/h4-12,14,16H,2-3,13,15H2,1H3/b22-14+. The molecule has 0 bridgehead atoms. The Morgan fingerprint density at radius 2 is 1.92 bits per heavy atom. The van der Waals surface area contributed by atoms with Crippen LogP contribution in [0, 0.1) is 0 Å². The summed E-state index contributed by atoms with van der Waals surface area (Å²) in [5, 5.41) is 13.3. The van der Waals surface area contributed by atoms with Crippen LogP contribution < -0.4 is 4.74 Å². The molecule has 0 saturated carbocycles. The molecule has 0 spiro atoms. The molecule has 26 heavy (non-hydrogen) atoms. The normalized spacial score (nSPS) is 11.1. The van der Waals surface area contributed by atoms with E-state index in [2.05, 4.69) is 34.4 Å². The third-order valence-corrected chi connectivity index (χ3v) is 4.69. The van der Waals surface area contributed by atoms with Crippen molar-refractivity contribution in [3.63, 3.8) is 0 Å². The fourth-order valence-corrected chi connectivity index (χ4v) is 3.05. The highest BCUT2D eigenvalue weighted by Crippen LogP contribution is 2.20. The Kier molecular flexibility index (Phi) is 6.84. The van der Waals surface area contributed by atoms with Gasteiger partial charge in [0.1, 0.15) is 12.1 Å². The first-order valence-corrected chi connectivity index (χ1v) is 9.67. The predicted octanol–water partition coefficient (Wildman–Crippen LogP) is 4.63. The molecule has 134 valence electrons. The van der Waals surface area contributed by atoms with Gasteiger partial charge < -0.3 is 4.74 Å². The number of nitrogens with zero attached hydrogens (tertiary/aromatic N) is 4. The first kappa shape index (κ1) is 18.2. The summed E-state index contributed by atoms with van der Waals surface area (Å²) >= 11 is 1.61. The van der Waals surface area contributed by atoms with Crippen LogP contribution in [-0.2, 0) is 5.75 Å². The van der Waals surface area contributed by atoms with Gasteiger partial charge in [0.2, 0.25) is 5.16 Å². The van der Waals surface area contributed by atoms with Crippen molar-refractivity contribution in [1.82, 2.24) is 14.9 Å². The van der Waals surface area contributed by atoms with Crippen LogP contribution in [-0.4, -0.2) is 27.7 Å². The first-order valence-electron chi connectivity index (χ1n) is 8.69. The van der Waals surface area contributed by atoms with Gasteiger partial charge >= 0.3 is 0 Å². The van der Waals surface area contributed by atoms with E-state index in [1.807, 2.05) is 42.5 Å². The van der Waals surface area contributed by atoms with E-state index in [1.165, 1.54) is 5.56 Å². The number of benzene rings is 2. The Labute approximate surface area is 158 Å². The maximum atomic E-state index is 5.67. The number of hydrogen-bond donors (Lipinski definition) is 0. The van der Waals surface area contributed by atoms with Crippen LogP contribution >= 0.6 is 11.8 Å². The van der Waals surface area contributed by atoms with E-state index in [4.69, 9.17) is 4.74 Å². The summed E-state index contributed by atoms with van der Waals surface area (Å²) in [6.07, 6.45) is 5.62. The smallest absolute Gasteiger partial charge is 0.212 e. The fraction of sp³-hybridized carbons (Fsp3) is 0.250. The van der Waals surface area contributed by atoms with E-state index in [0.717, 1.165) is 41.7 Å². The van der Waals surface area contributed by atoms with Gasteiger partial charge in [0.05, 0.1) is 12.8 Å². The molecular weight excluding hydrogens is 344 g/mol. The van der Waals surface area contributed by atoms with Crippen molar-refractivity contribution in [2.24, 2.45) is 5.10 Å². The lowest BCUT2D eigenvalue weighted by molar-refractivity contribution is 0.309. The molecule has 1 heterocycles. The lowest BCUT2D eigenvalue weighted by Gasteiger charge is -2.05. The number of thioether (sulfide) groups is 1. The van der Waals surface area contributed by atoms with Crippen molar-refractivity contribution in [2.75, 3.05) is 6.61 Å². The Hall–Kier alpha value is -2.60. The number of unbranched alkanes of at least 4 members (excludes halogenated alkanes) is 1. The molecule has 0 aliphatic heterocycles. The largest absolute Gasteiger partial charge is 0.494 e. The fourth-order valence-electron chi connectivity index (χ4n) is 2.23. The molecule has 0 atom stereocenters. The quantitative estimate of drug-likeness (QED) is 0.315. The maximum absolute atomic E-state index is 5.67. The van der Waals surface area contributed by atoms with Crippen LogP contribution in [0.25, 0.3) is 0 Å². The van der Waals surface area contributed by atoms with Gasteiger partial charge in [-0.15, -0.1) is 10.2 Å². The lowest BCUT2D eigenvalue weighted by atomic mass is 10.2. The minimum atomic E-state index is 0.757. The summed E-state index contributed by atoms with van der Waals surface area (Å²) < 4.78 is 7.37. The van der Waals surface area contributed by atoms with Gasteiger partial charge in [0.25, 0.3) is 0 Å². The third kappa shape index (κ3) is 5.46. The molecule has 0 fully saturated rings. The van der Waals surface area contributed by atoms with Crippen molar-refractivity contribution in [2.45, 2.75) is 30.7 Å². The molecule has 0 aliphatic carbocycles. The molecule has 3 rings (SSSR count). The molecule has 6 heteroatoms. The maximum Gasteiger partial charge on any atom is 0.212 e. The summed E-state index contributed by atoms with van der Waals surface area (Å²) in [7, 11) is 0. The highest BCUT2D eigenvalue weighted by Gasteiger charge is 2.04. The molecule has 5 nitrogen and oxygen atoms in total. The highest BCUT2D eigenvalue weighted by molar-refractivity contribution is 7.98. The Morgan fingerprint density at radius 1 is 1.12 bits per heavy atom. The summed E-state index contributed by atoms with van der Waals surface area (Å²) in [5.74, 6) is 1.72. The zero-order valence-electron chi connectivity index (χ0n) is 14.8. The summed E-state index contributed by atoms with van der Waals surface area (Å²) in [4.78, 5) is 0. The SMILES string of the molecule is CCCCOc1ccc(/C=N/n2cnnc2SCc2ccccc2)cc1. The van der Waals surface area contributed by atoms with Crippen LogP contribution in [0.4, 0.5) is 0 Å². The number of rotatable bonds is 9. The van der Waals surface area contributed by atoms with Crippen LogP contribution in [0.15, 0.2) is 71.2 Å². The van der Waals surface area contributed by atoms with Gasteiger partial charge in [-0.05, 0) is 41.8 Å². The average Bonchev–Trinajstić information content (AvgIpc) is 3.14. The Morgan fingerprint density at radius 3 is 2.69 bits per heavy atom. The Balaban J connectivity index is 1.58. The zero-order valence-corrected chi connectivity index (χ0v) is 15.6. The van der Waals surface area contributed by atoms with Gasteiger partial charge in [-0.25, -0.2) is 0 Å². The third-order valence-electron chi connectivity index (χ3n) is 3.69. The summed E-state index contributed by atoms with van der Waals surface area (Å²) in [5.41, 5.74) is 2.25. The molecule has 0 saturated heterocycles. The number of hydrogen-bond acceptors (Lipinski definition) is 5. The van der Waals surface area contributed by atoms with E-state index < -0.39 is 0 Å². The molecule has 1 aromatic heterocycles. The van der Waals surface area contributed by atoms with Gasteiger partial charge in [-0.3, -0.25) is 0 Å². The minimum Gasteiger partial charge on any atom is -0.494 e. The van der Waals surface area contributed by atoms with Crippen molar-refractivity contribution in [1.29, 1.82) is 0 Å². The molecule has 0 radical (unpaired) electrons. The molecule has 3 aromatic rings. The van der Waals surface area contributed by atoms with Gasteiger partial charge in [-0.2, -0.15) is 9.78 Å². The van der Waals surface area contributed by atoms with E-state index in [1.54, 1.807) is 29.0 Å². The van der Waals surface area contributed by atoms with Gasteiger partial charge in [-0.1, -0.05) is 55.4 Å². The molecular formula is C20H22N4OS. The second kappa shape index (κ2) is 9.77. The monoisotopic (exact) mass is 366 g/mol. The Bertz CT molecular complexity index is 815. The highest BCUT2D eigenvalue weighted by atomic mass is 32.2. The van der Waals surface area contributed by atoms with Crippen LogP contribution in [0.1, 0.15) is 30.9 Å². The van der Waals surface area contributed by atoms with Crippen molar-refractivity contribution >= 4 is 18.0 Å². The van der Waals surface area contributed by atoms with Crippen LogP contribution in [0.5, 0.6) is 5.75 Å². The summed E-state index contributed by atoms with van der Waals surface area (Å²) in [6, 6.07) is 18.2. The van der Waals surface area contributed by atoms with Crippen molar-refractivity contribution < 1.29 is 4.74 Å². The lowest BCUT2D eigenvalue weighted by Crippen LogP contribution is -1.96. The van der Waals surface area contributed by atoms with Crippen LogP contribution in [0.3, 0.4) is 0 Å². The molecule has 0 amide bonds. The topological polar surface area (TPSA) is 52.3 Å². The molecule has 0 unspecified atom stereocenters. The molecule has 0 N–H and O–H groups in total. The van der Waals surface area contributed by atoms with E-state index in [0.29, 0.717) is 0 Å².